The highest BCUT2D eigenvalue weighted by atomic mass is 16.2. The fourth-order valence-electron chi connectivity index (χ4n) is 3.47. The van der Waals surface area contributed by atoms with Gasteiger partial charge in [0.05, 0.1) is 22.9 Å². The minimum Gasteiger partial charge on any atom is -0.368 e. The maximum absolute atomic E-state index is 12.5. The molecule has 0 bridgehead atoms. The summed E-state index contributed by atoms with van der Waals surface area (Å²) in [6, 6.07) is 12.1. The molecule has 25 heavy (non-hydrogen) atoms. The molecule has 1 saturated heterocycles. The second-order valence-electron chi connectivity index (χ2n) is 6.44. The molecule has 1 atom stereocenters. The normalized spacial score (nSPS) is 17.2. The van der Waals surface area contributed by atoms with E-state index in [1.165, 1.54) is 0 Å². The third-order valence-electron chi connectivity index (χ3n) is 4.71. The van der Waals surface area contributed by atoms with E-state index in [0.29, 0.717) is 6.54 Å². The van der Waals surface area contributed by atoms with E-state index < -0.39 is 0 Å². The number of hydrogen-bond donors (Lipinski definition) is 1. The summed E-state index contributed by atoms with van der Waals surface area (Å²) in [5.41, 5.74) is 3.03. The van der Waals surface area contributed by atoms with Crippen LogP contribution in [0.5, 0.6) is 0 Å². The second kappa shape index (κ2) is 6.55. The molecule has 0 spiro atoms. The number of para-hydroxylation sites is 2. The molecule has 3 heterocycles. The van der Waals surface area contributed by atoms with Gasteiger partial charge in [0.25, 0.3) is 0 Å². The standard InChI is InChI=1S/C19H21N5O/c1-14-21-17-6-2-3-7-18(17)24(14)13-19(25)22-15-8-10-23(12-15)16-5-4-9-20-11-16/h2-7,9,11,15H,8,10,12-13H2,1H3,(H,22,25). The number of carbonyl (C=O) groups is 1. The number of aryl methyl sites for hydroxylation is 1. The first-order valence-corrected chi connectivity index (χ1v) is 8.57. The van der Waals surface area contributed by atoms with Crippen LogP contribution in [0.2, 0.25) is 0 Å². The predicted molar refractivity (Wildman–Crippen MR) is 97.5 cm³/mol. The van der Waals surface area contributed by atoms with Crippen molar-refractivity contribution in [1.82, 2.24) is 19.9 Å². The van der Waals surface area contributed by atoms with Crippen molar-refractivity contribution < 1.29 is 4.79 Å². The summed E-state index contributed by atoms with van der Waals surface area (Å²) in [5.74, 6) is 0.893. The summed E-state index contributed by atoms with van der Waals surface area (Å²) in [7, 11) is 0. The topological polar surface area (TPSA) is 63.1 Å². The van der Waals surface area contributed by atoms with E-state index in [1.54, 1.807) is 6.20 Å². The van der Waals surface area contributed by atoms with E-state index in [4.69, 9.17) is 0 Å². The van der Waals surface area contributed by atoms with Crippen LogP contribution in [0.3, 0.4) is 0 Å². The van der Waals surface area contributed by atoms with Crippen LogP contribution in [0.25, 0.3) is 11.0 Å². The van der Waals surface area contributed by atoms with Gasteiger partial charge >= 0.3 is 0 Å². The molecule has 3 aromatic rings. The average molecular weight is 335 g/mol. The van der Waals surface area contributed by atoms with Crippen molar-refractivity contribution in [1.29, 1.82) is 0 Å². The first kappa shape index (κ1) is 15.6. The van der Waals surface area contributed by atoms with Crippen LogP contribution < -0.4 is 10.2 Å². The van der Waals surface area contributed by atoms with E-state index >= 15 is 0 Å². The van der Waals surface area contributed by atoms with E-state index in [1.807, 2.05) is 48.0 Å². The van der Waals surface area contributed by atoms with Gasteiger partial charge in [-0.25, -0.2) is 4.98 Å². The number of imidazole rings is 1. The molecule has 1 unspecified atom stereocenters. The van der Waals surface area contributed by atoms with Gasteiger partial charge in [0.2, 0.25) is 5.91 Å². The molecule has 1 fully saturated rings. The van der Waals surface area contributed by atoms with Gasteiger partial charge in [0.15, 0.2) is 0 Å². The van der Waals surface area contributed by atoms with E-state index in [9.17, 15) is 4.79 Å². The summed E-state index contributed by atoms with van der Waals surface area (Å²) < 4.78 is 1.97. The molecular weight excluding hydrogens is 314 g/mol. The van der Waals surface area contributed by atoms with Gasteiger partial charge in [0, 0.05) is 25.3 Å². The molecule has 6 nitrogen and oxygen atoms in total. The number of rotatable bonds is 4. The van der Waals surface area contributed by atoms with Crippen LogP contribution >= 0.6 is 0 Å². The summed E-state index contributed by atoms with van der Waals surface area (Å²) >= 11 is 0. The Morgan fingerprint density at radius 3 is 3.00 bits per heavy atom. The molecule has 1 aromatic carbocycles. The Morgan fingerprint density at radius 2 is 2.16 bits per heavy atom. The molecule has 6 heteroatoms. The second-order valence-corrected chi connectivity index (χ2v) is 6.44. The molecule has 1 N–H and O–H groups in total. The molecule has 0 saturated carbocycles. The van der Waals surface area contributed by atoms with Gasteiger partial charge in [-0.3, -0.25) is 9.78 Å². The molecule has 1 amide bonds. The van der Waals surface area contributed by atoms with Crippen LogP contribution in [0.15, 0.2) is 48.8 Å². The quantitative estimate of drug-likeness (QED) is 0.793. The molecule has 0 radical (unpaired) electrons. The maximum atomic E-state index is 12.5. The number of amides is 1. The summed E-state index contributed by atoms with van der Waals surface area (Å²) in [4.78, 5) is 23.5. The lowest BCUT2D eigenvalue weighted by Gasteiger charge is -2.18. The number of pyridine rings is 1. The van der Waals surface area contributed by atoms with E-state index in [-0.39, 0.29) is 11.9 Å². The molecule has 1 aliphatic rings. The first-order valence-electron chi connectivity index (χ1n) is 8.57. The Hall–Kier alpha value is -2.89. The predicted octanol–water partition coefficient (Wildman–Crippen LogP) is 2.13. The smallest absolute Gasteiger partial charge is 0.240 e. The Bertz CT molecular complexity index is 889. The van der Waals surface area contributed by atoms with Crippen molar-refractivity contribution in [3.05, 3.63) is 54.6 Å². The Kier molecular flexibility index (Phi) is 4.09. The number of anilines is 1. The number of nitrogens with one attached hydrogen (secondary N) is 1. The molecular formula is C19H21N5O. The Balaban J connectivity index is 1.40. The highest BCUT2D eigenvalue weighted by molar-refractivity contribution is 5.81. The number of carbonyl (C=O) groups excluding carboxylic acids is 1. The monoisotopic (exact) mass is 335 g/mol. The highest BCUT2D eigenvalue weighted by Crippen LogP contribution is 2.19. The Morgan fingerprint density at radius 1 is 1.28 bits per heavy atom. The van der Waals surface area contributed by atoms with Gasteiger partial charge < -0.3 is 14.8 Å². The highest BCUT2D eigenvalue weighted by Gasteiger charge is 2.24. The van der Waals surface area contributed by atoms with E-state index in [0.717, 1.165) is 42.1 Å². The minimum atomic E-state index is 0.0317. The lowest BCUT2D eigenvalue weighted by atomic mass is 10.2. The molecule has 128 valence electrons. The van der Waals surface area contributed by atoms with Crippen LogP contribution in [0.1, 0.15) is 12.2 Å². The first-order chi connectivity index (χ1) is 12.2. The fraction of sp³-hybridized carbons (Fsp3) is 0.316. The average Bonchev–Trinajstić information content (AvgIpc) is 3.21. The van der Waals surface area contributed by atoms with Gasteiger partial charge in [-0.2, -0.15) is 0 Å². The Labute approximate surface area is 146 Å². The van der Waals surface area contributed by atoms with Crippen LogP contribution in [-0.4, -0.2) is 39.6 Å². The fourth-order valence-corrected chi connectivity index (χ4v) is 3.47. The van der Waals surface area contributed by atoms with Crippen LogP contribution in [0.4, 0.5) is 5.69 Å². The van der Waals surface area contributed by atoms with Crippen molar-refractivity contribution in [2.75, 3.05) is 18.0 Å². The summed E-state index contributed by atoms with van der Waals surface area (Å²) in [6.45, 7) is 3.99. The lowest BCUT2D eigenvalue weighted by molar-refractivity contribution is -0.122. The number of aromatic nitrogens is 3. The third-order valence-corrected chi connectivity index (χ3v) is 4.71. The van der Waals surface area contributed by atoms with Crippen molar-refractivity contribution in [2.24, 2.45) is 0 Å². The zero-order valence-corrected chi connectivity index (χ0v) is 14.2. The van der Waals surface area contributed by atoms with Crippen LogP contribution in [-0.2, 0) is 11.3 Å². The zero-order valence-electron chi connectivity index (χ0n) is 14.2. The number of nitrogens with zero attached hydrogens (tertiary/aromatic N) is 4. The zero-order chi connectivity index (χ0) is 17.2. The summed E-state index contributed by atoms with van der Waals surface area (Å²) in [5, 5.41) is 3.16. The molecule has 4 rings (SSSR count). The van der Waals surface area contributed by atoms with Crippen molar-refractivity contribution in [2.45, 2.75) is 25.9 Å². The lowest BCUT2D eigenvalue weighted by Crippen LogP contribution is -2.39. The SMILES string of the molecule is Cc1nc2ccccc2n1CC(=O)NC1CCN(c2cccnc2)C1. The molecule has 1 aliphatic heterocycles. The van der Waals surface area contributed by atoms with Gasteiger partial charge in [-0.05, 0) is 37.6 Å². The van der Waals surface area contributed by atoms with Crippen LogP contribution in [0, 0.1) is 6.92 Å². The van der Waals surface area contributed by atoms with Gasteiger partial charge in [-0.1, -0.05) is 12.1 Å². The largest absolute Gasteiger partial charge is 0.368 e. The van der Waals surface area contributed by atoms with Crippen molar-refractivity contribution >= 4 is 22.6 Å². The van der Waals surface area contributed by atoms with Crippen molar-refractivity contribution in [3.63, 3.8) is 0 Å². The molecule has 0 aliphatic carbocycles. The van der Waals surface area contributed by atoms with Crippen molar-refractivity contribution in [3.8, 4) is 0 Å². The third kappa shape index (κ3) is 3.20. The number of hydrogen-bond acceptors (Lipinski definition) is 4. The number of benzene rings is 1. The van der Waals surface area contributed by atoms with E-state index in [2.05, 4.69) is 26.3 Å². The molecule has 2 aromatic heterocycles. The minimum absolute atomic E-state index is 0.0317. The summed E-state index contributed by atoms with van der Waals surface area (Å²) in [6.07, 6.45) is 4.59. The van der Waals surface area contributed by atoms with Gasteiger partial charge in [0.1, 0.15) is 12.4 Å². The number of fused-ring (bicyclic) bond motifs is 1. The maximum Gasteiger partial charge on any atom is 0.240 e. The van der Waals surface area contributed by atoms with Gasteiger partial charge in [-0.15, -0.1) is 0 Å².